The maximum Gasteiger partial charge on any atom is 0.374 e. The van der Waals surface area contributed by atoms with Crippen LogP contribution in [-0.4, -0.2) is 35.0 Å². The van der Waals surface area contributed by atoms with E-state index in [1.165, 1.54) is 25.1 Å². The molecule has 148 valence electrons. The van der Waals surface area contributed by atoms with Gasteiger partial charge in [-0.2, -0.15) is 0 Å². The number of esters is 1. The minimum absolute atomic E-state index is 0.196. The molecule has 0 saturated carbocycles. The zero-order chi connectivity index (χ0) is 20.2. The average molecular weight is 428 g/mol. The largest absolute Gasteiger partial charge is 0.495 e. The van der Waals surface area contributed by atoms with Crippen LogP contribution >= 0.6 is 23.1 Å². The van der Waals surface area contributed by atoms with Gasteiger partial charge in [0.15, 0.2) is 11.0 Å². The number of benzene rings is 1. The number of methoxy groups -OCH3 is 2. The summed E-state index contributed by atoms with van der Waals surface area (Å²) in [6.45, 7) is 0. The highest BCUT2D eigenvalue weighted by molar-refractivity contribution is 7.98. The van der Waals surface area contributed by atoms with Crippen molar-refractivity contribution in [2.24, 2.45) is 0 Å². The lowest BCUT2D eigenvalue weighted by atomic mass is 10.3. The van der Waals surface area contributed by atoms with Gasteiger partial charge in [0.2, 0.25) is 5.76 Å². The summed E-state index contributed by atoms with van der Waals surface area (Å²) in [7, 11) is 2.96. The van der Waals surface area contributed by atoms with Crippen molar-refractivity contribution in [2.75, 3.05) is 14.2 Å². The van der Waals surface area contributed by atoms with E-state index in [0.29, 0.717) is 16.7 Å². The molecule has 0 aliphatic carbocycles. The first-order chi connectivity index (χ1) is 14.2. The van der Waals surface area contributed by atoms with Crippen molar-refractivity contribution in [2.45, 2.75) is 10.9 Å². The second-order valence-corrected chi connectivity index (χ2v) is 7.74. The van der Waals surface area contributed by atoms with Crippen LogP contribution in [0.3, 0.4) is 0 Å². The molecule has 0 amide bonds. The number of hydrogen-bond acceptors (Lipinski definition) is 8. The van der Waals surface area contributed by atoms with Gasteiger partial charge in [-0.1, -0.05) is 30.0 Å². The molecule has 0 radical (unpaired) electrons. The van der Waals surface area contributed by atoms with Crippen LogP contribution in [0.25, 0.3) is 16.4 Å². The Morgan fingerprint density at radius 2 is 2.03 bits per heavy atom. The van der Waals surface area contributed by atoms with Crippen LogP contribution in [0.1, 0.15) is 16.1 Å². The van der Waals surface area contributed by atoms with Crippen molar-refractivity contribution in [3.63, 3.8) is 0 Å². The third-order valence-corrected chi connectivity index (χ3v) is 6.02. The predicted octanol–water partition coefficient (Wildman–Crippen LogP) is 4.68. The number of furan rings is 1. The van der Waals surface area contributed by atoms with Crippen LogP contribution in [-0.2, 0) is 10.5 Å². The molecule has 4 rings (SSSR count). The van der Waals surface area contributed by atoms with Gasteiger partial charge in [0, 0.05) is 11.3 Å². The topological polar surface area (TPSA) is 79.4 Å². The number of para-hydroxylation sites is 2. The third kappa shape index (κ3) is 3.79. The summed E-state index contributed by atoms with van der Waals surface area (Å²) in [6, 6.07) is 13.4. The van der Waals surface area contributed by atoms with E-state index in [1.807, 2.05) is 46.3 Å². The highest BCUT2D eigenvalue weighted by atomic mass is 32.2. The van der Waals surface area contributed by atoms with Crippen LogP contribution < -0.4 is 4.74 Å². The zero-order valence-corrected chi connectivity index (χ0v) is 17.3. The Bertz CT molecular complexity index is 1120. The van der Waals surface area contributed by atoms with E-state index in [2.05, 4.69) is 10.2 Å². The highest BCUT2D eigenvalue weighted by Gasteiger charge is 2.21. The first-order valence-electron chi connectivity index (χ1n) is 8.63. The van der Waals surface area contributed by atoms with Crippen LogP contribution in [0.15, 0.2) is 63.7 Å². The van der Waals surface area contributed by atoms with Gasteiger partial charge in [-0.05, 0) is 29.6 Å². The van der Waals surface area contributed by atoms with E-state index in [9.17, 15) is 4.79 Å². The Hall–Kier alpha value is -3.04. The van der Waals surface area contributed by atoms with Crippen LogP contribution in [0.4, 0.5) is 0 Å². The Balaban J connectivity index is 1.73. The number of carbonyl (C=O) groups excluding carboxylic acids is 1. The molecular weight excluding hydrogens is 410 g/mol. The smallest absolute Gasteiger partial charge is 0.374 e. The molecule has 0 bridgehead atoms. The van der Waals surface area contributed by atoms with Gasteiger partial charge >= 0.3 is 5.97 Å². The van der Waals surface area contributed by atoms with Crippen molar-refractivity contribution in [3.8, 4) is 22.1 Å². The Labute approximate surface area is 175 Å². The number of hydrogen-bond donors (Lipinski definition) is 0. The van der Waals surface area contributed by atoms with Crippen molar-refractivity contribution < 1.29 is 18.7 Å². The van der Waals surface area contributed by atoms with Crippen molar-refractivity contribution in [1.29, 1.82) is 0 Å². The van der Waals surface area contributed by atoms with Gasteiger partial charge < -0.3 is 13.9 Å². The van der Waals surface area contributed by atoms with Gasteiger partial charge in [-0.25, -0.2) is 4.79 Å². The molecule has 0 aliphatic heterocycles. The van der Waals surface area contributed by atoms with Crippen LogP contribution in [0.5, 0.6) is 5.75 Å². The van der Waals surface area contributed by atoms with E-state index in [0.717, 1.165) is 22.0 Å². The first kappa shape index (κ1) is 19.3. The molecule has 9 heteroatoms. The summed E-state index contributed by atoms with van der Waals surface area (Å²) in [5.41, 5.74) is 1.57. The van der Waals surface area contributed by atoms with Crippen molar-refractivity contribution >= 4 is 29.1 Å². The summed E-state index contributed by atoms with van der Waals surface area (Å²) in [5.74, 6) is 1.61. The fourth-order valence-corrected chi connectivity index (χ4v) is 4.45. The lowest BCUT2D eigenvalue weighted by molar-refractivity contribution is 0.0564. The van der Waals surface area contributed by atoms with Gasteiger partial charge in [-0.3, -0.25) is 4.57 Å². The predicted molar refractivity (Wildman–Crippen MR) is 111 cm³/mol. The lowest BCUT2D eigenvalue weighted by Crippen LogP contribution is -2.03. The van der Waals surface area contributed by atoms with E-state index in [1.54, 1.807) is 24.5 Å². The van der Waals surface area contributed by atoms with Gasteiger partial charge in [0.05, 0.1) is 31.0 Å². The number of aromatic nitrogens is 3. The molecule has 7 nitrogen and oxygen atoms in total. The van der Waals surface area contributed by atoms with Crippen LogP contribution in [0, 0.1) is 0 Å². The third-order valence-electron chi connectivity index (χ3n) is 4.18. The molecule has 1 aromatic carbocycles. The van der Waals surface area contributed by atoms with Crippen molar-refractivity contribution in [3.05, 3.63) is 65.4 Å². The Morgan fingerprint density at radius 3 is 2.79 bits per heavy atom. The number of rotatable bonds is 7. The number of nitrogens with zero attached hydrogens (tertiary/aromatic N) is 3. The molecule has 3 aromatic heterocycles. The van der Waals surface area contributed by atoms with E-state index in [-0.39, 0.29) is 5.76 Å². The maximum absolute atomic E-state index is 11.9. The molecule has 4 aromatic rings. The fraction of sp³-hybridized carbons (Fsp3) is 0.150. The van der Waals surface area contributed by atoms with Crippen molar-refractivity contribution in [1.82, 2.24) is 14.8 Å². The number of thioether (sulfide) groups is 1. The first-order valence-corrected chi connectivity index (χ1v) is 10.5. The zero-order valence-electron chi connectivity index (χ0n) is 15.7. The molecule has 3 heterocycles. The van der Waals surface area contributed by atoms with E-state index < -0.39 is 5.97 Å². The lowest BCUT2D eigenvalue weighted by Gasteiger charge is -2.13. The Morgan fingerprint density at radius 1 is 1.17 bits per heavy atom. The summed E-state index contributed by atoms with van der Waals surface area (Å²) in [4.78, 5) is 12.9. The molecule has 0 unspecified atom stereocenters. The summed E-state index contributed by atoms with van der Waals surface area (Å²) < 4.78 is 17.6. The molecular formula is C20H17N3O4S2. The molecule has 0 atom stereocenters. The highest BCUT2D eigenvalue weighted by Crippen LogP contribution is 2.35. The second-order valence-electron chi connectivity index (χ2n) is 5.85. The Kier molecular flexibility index (Phi) is 5.68. The summed E-state index contributed by atoms with van der Waals surface area (Å²) in [5, 5.41) is 11.5. The van der Waals surface area contributed by atoms with E-state index in [4.69, 9.17) is 13.9 Å². The van der Waals surface area contributed by atoms with E-state index >= 15 is 0 Å². The standard InChI is InChI=1S/C20H17N3O4S2/c1-25-15-7-4-3-6-14(15)23-18(16-8-5-11-28-16)21-22-20(23)29-12-13-9-10-27-17(13)19(24)26-2/h3-11H,12H2,1-2H3. The van der Waals surface area contributed by atoms with Crippen LogP contribution in [0.2, 0.25) is 0 Å². The molecule has 0 fully saturated rings. The van der Waals surface area contributed by atoms with Gasteiger partial charge in [0.1, 0.15) is 5.75 Å². The quantitative estimate of drug-likeness (QED) is 0.313. The molecule has 0 aliphatic rings. The fourth-order valence-electron chi connectivity index (χ4n) is 2.82. The van der Waals surface area contributed by atoms with Gasteiger partial charge in [-0.15, -0.1) is 21.5 Å². The average Bonchev–Trinajstić information content (AvgIpc) is 3.51. The summed E-state index contributed by atoms with van der Waals surface area (Å²) >= 11 is 3.04. The molecule has 0 spiro atoms. The normalized spacial score (nSPS) is 10.8. The second kappa shape index (κ2) is 8.54. The number of ether oxygens (including phenoxy) is 2. The maximum atomic E-state index is 11.9. The number of carbonyl (C=O) groups is 1. The monoisotopic (exact) mass is 427 g/mol. The molecule has 0 N–H and O–H groups in total. The SMILES string of the molecule is COC(=O)c1occc1CSc1nnc(-c2cccs2)n1-c1ccccc1OC. The minimum Gasteiger partial charge on any atom is -0.495 e. The number of thiophene rings is 1. The molecule has 29 heavy (non-hydrogen) atoms. The summed E-state index contributed by atoms with van der Waals surface area (Å²) in [6.07, 6.45) is 1.48. The van der Waals surface area contributed by atoms with Gasteiger partial charge in [0.25, 0.3) is 0 Å². The molecule has 0 saturated heterocycles. The minimum atomic E-state index is -0.504.